The van der Waals surface area contributed by atoms with Crippen LogP contribution in [0.5, 0.6) is 11.5 Å². The molecule has 2 rings (SSSR count). The molecule has 0 spiro atoms. The van der Waals surface area contributed by atoms with Crippen molar-refractivity contribution < 1.29 is 23.4 Å². The number of ether oxygens (including phenoxy) is 2. The van der Waals surface area contributed by atoms with Crippen molar-refractivity contribution >= 4 is 23.9 Å². The van der Waals surface area contributed by atoms with Crippen LogP contribution in [0.2, 0.25) is 0 Å². The lowest BCUT2D eigenvalue weighted by molar-refractivity contribution is -0.131. The smallest absolute Gasteiger partial charge is 0.308 e. The summed E-state index contributed by atoms with van der Waals surface area (Å²) in [6, 6.07) is 13.2. The van der Waals surface area contributed by atoms with Crippen molar-refractivity contribution in [1.29, 1.82) is 0 Å². The molecule has 0 aliphatic rings. The summed E-state index contributed by atoms with van der Waals surface area (Å²) >= 11 is 0. The molecule has 0 aliphatic heterocycles. The summed E-state index contributed by atoms with van der Waals surface area (Å²) in [5, 5.41) is 0.849. The Labute approximate surface area is 129 Å². The van der Waals surface area contributed by atoms with Crippen LogP contribution in [0.4, 0.5) is 0 Å². The lowest BCUT2D eigenvalue weighted by Gasteiger charge is -2.18. The van der Waals surface area contributed by atoms with Gasteiger partial charge in [-0.3, -0.25) is 9.36 Å². The first-order valence-corrected chi connectivity index (χ1v) is 8.21. The van der Waals surface area contributed by atoms with Crippen molar-refractivity contribution in [3.05, 3.63) is 48.5 Å². The molecule has 6 heteroatoms. The Hall–Kier alpha value is -2.26. The molecular formula is C16H17O5P. The molecular weight excluding hydrogens is 303 g/mol. The molecule has 0 bridgehead atoms. The molecule has 0 atom stereocenters. The molecule has 0 unspecified atom stereocenters. The summed E-state index contributed by atoms with van der Waals surface area (Å²) < 4.78 is 28.7. The number of carbonyl (C=O) groups excluding carboxylic acids is 1. The highest BCUT2D eigenvalue weighted by Gasteiger charge is 2.31. The minimum Gasteiger partial charge on any atom is -0.497 e. The average molecular weight is 320 g/mol. The van der Waals surface area contributed by atoms with E-state index in [1.807, 2.05) is 0 Å². The highest BCUT2D eigenvalue weighted by atomic mass is 31.2. The normalized spacial score (nSPS) is 10.9. The Morgan fingerprint density at radius 1 is 0.818 bits per heavy atom. The van der Waals surface area contributed by atoms with E-state index in [1.54, 1.807) is 62.8 Å². The number of rotatable bonds is 5. The van der Waals surface area contributed by atoms with Crippen LogP contribution in [0.15, 0.2) is 48.5 Å². The lowest BCUT2D eigenvalue weighted by Crippen LogP contribution is -2.19. The quantitative estimate of drug-likeness (QED) is 0.792. The zero-order valence-electron chi connectivity index (χ0n) is 12.6. The second-order valence-corrected chi connectivity index (χ2v) is 6.85. The topological polar surface area (TPSA) is 61.8 Å². The zero-order chi connectivity index (χ0) is 16.2. The van der Waals surface area contributed by atoms with Crippen molar-refractivity contribution in [3.63, 3.8) is 0 Å². The third-order valence-electron chi connectivity index (χ3n) is 3.08. The van der Waals surface area contributed by atoms with Crippen LogP contribution in [0.3, 0.4) is 0 Å². The summed E-state index contributed by atoms with van der Waals surface area (Å²) in [7, 11) is -0.410. The predicted octanol–water partition coefficient (Wildman–Crippen LogP) is 2.50. The van der Waals surface area contributed by atoms with Gasteiger partial charge in [-0.05, 0) is 48.5 Å². The number of carbonyl (C=O) groups is 1. The standard InChI is InChI=1S/C16H17O5P/c1-12(17)21-22(18,15-8-4-13(19-2)5-9-15)16-10-6-14(20-3)7-11-16/h4-11H,1-3H3. The Kier molecular flexibility index (Phi) is 4.88. The van der Waals surface area contributed by atoms with Crippen molar-refractivity contribution in [2.75, 3.05) is 14.2 Å². The van der Waals surface area contributed by atoms with Crippen molar-refractivity contribution in [2.24, 2.45) is 0 Å². The summed E-state index contributed by atoms with van der Waals surface area (Å²) in [6.07, 6.45) is 0. The molecule has 5 nitrogen and oxygen atoms in total. The van der Waals surface area contributed by atoms with E-state index in [4.69, 9.17) is 14.0 Å². The van der Waals surface area contributed by atoms with E-state index in [1.165, 1.54) is 6.92 Å². The van der Waals surface area contributed by atoms with Crippen LogP contribution in [0.25, 0.3) is 0 Å². The van der Waals surface area contributed by atoms with Crippen molar-refractivity contribution in [1.82, 2.24) is 0 Å². The molecule has 2 aromatic rings. The molecule has 0 N–H and O–H groups in total. The predicted molar refractivity (Wildman–Crippen MR) is 84.6 cm³/mol. The molecule has 0 saturated heterocycles. The first kappa shape index (κ1) is 16.1. The zero-order valence-corrected chi connectivity index (χ0v) is 13.5. The molecule has 0 fully saturated rings. The van der Waals surface area contributed by atoms with Gasteiger partial charge in [0.15, 0.2) is 0 Å². The monoisotopic (exact) mass is 320 g/mol. The van der Waals surface area contributed by atoms with Gasteiger partial charge >= 0.3 is 13.3 Å². The summed E-state index contributed by atoms with van der Waals surface area (Å²) in [4.78, 5) is 11.4. The van der Waals surface area contributed by atoms with Gasteiger partial charge in [0, 0.05) is 6.92 Å². The van der Waals surface area contributed by atoms with Gasteiger partial charge < -0.3 is 14.0 Å². The maximum atomic E-state index is 13.3. The molecule has 0 aliphatic carbocycles. The Morgan fingerprint density at radius 3 is 1.45 bits per heavy atom. The molecule has 0 heterocycles. The maximum absolute atomic E-state index is 13.3. The van der Waals surface area contributed by atoms with Crippen LogP contribution < -0.4 is 20.1 Å². The van der Waals surface area contributed by atoms with E-state index >= 15 is 0 Å². The summed E-state index contributed by atoms with van der Waals surface area (Å²) in [5.41, 5.74) is 0. The van der Waals surface area contributed by atoms with Crippen molar-refractivity contribution in [3.8, 4) is 11.5 Å². The van der Waals surface area contributed by atoms with Gasteiger partial charge in [0.25, 0.3) is 0 Å². The minimum absolute atomic E-state index is 0.425. The minimum atomic E-state index is -3.50. The third-order valence-corrected chi connectivity index (χ3v) is 5.55. The second kappa shape index (κ2) is 6.67. The SMILES string of the molecule is COc1ccc(P(=O)(OC(C)=O)c2ccc(OC)cc2)cc1. The van der Waals surface area contributed by atoms with Crippen LogP contribution in [0.1, 0.15) is 6.92 Å². The largest absolute Gasteiger partial charge is 0.497 e. The highest BCUT2D eigenvalue weighted by Crippen LogP contribution is 2.45. The Bertz CT molecular complexity index is 640. The summed E-state index contributed by atoms with van der Waals surface area (Å²) in [6.45, 7) is 1.24. The van der Waals surface area contributed by atoms with Gasteiger partial charge in [-0.25, -0.2) is 0 Å². The van der Waals surface area contributed by atoms with Gasteiger partial charge in [-0.15, -0.1) is 0 Å². The number of hydrogen-bond acceptors (Lipinski definition) is 5. The second-order valence-electron chi connectivity index (χ2n) is 4.53. The summed E-state index contributed by atoms with van der Waals surface area (Å²) in [5.74, 6) is 0.663. The molecule has 116 valence electrons. The van der Waals surface area contributed by atoms with E-state index in [9.17, 15) is 9.36 Å². The van der Waals surface area contributed by atoms with Crippen LogP contribution >= 0.6 is 7.37 Å². The molecule has 2 aromatic carbocycles. The van der Waals surface area contributed by atoms with E-state index < -0.39 is 13.3 Å². The number of hydrogen-bond donors (Lipinski definition) is 0. The molecule has 0 radical (unpaired) electrons. The fourth-order valence-corrected chi connectivity index (χ4v) is 3.95. The van der Waals surface area contributed by atoms with Gasteiger partial charge in [-0.2, -0.15) is 0 Å². The van der Waals surface area contributed by atoms with Crippen molar-refractivity contribution in [2.45, 2.75) is 6.92 Å². The van der Waals surface area contributed by atoms with Crippen LogP contribution in [-0.4, -0.2) is 20.2 Å². The van der Waals surface area contributed by atoms with Gasteiger partial charge in [0.2, 0.25) is 0 Å². The Balaban J connectivity index is 2.50. The first-order valence-electron chi connectivity index (χ1n) is 6.59. The van der Waals surface area contributed by atoms with E-state index in [2.05, 4.69) is 0 Å². The fourth-order valence-electron chi connectivity index (χ4n) is 1.99. The first-order chi connectivity index (χ1) is 10.5. The van der Waals surface area contributed by atoms with E-state index in [-0.39, 0.29) is 0 Å². The highest BCUT2D eigenvalue weighted by molar-refractivity contribution is 7.74. The van der Waals surface area contributed by atoms with E-state index in [0.29, 0.717) is 22.1 Å². The number of benzene rings is 2. The van der Waals surface area contributed by atoms with Gasteiger partial charge in [-0.1, -0.05) is 0 Å². The van der Waals surface area contributed by atoms with E-state index in [0.717, 1.165) is 0 Å². The van der Waals surface area contributed by atoms with Gasteiger partial charge in [0.05, 0.1) is 24.8 Å². The lowest BCUT2D eigenvalue weighted by atomic mass is 10.3. The molecule has 0 aromatic heterocycles. The Morgan fingerprint density at radius 2 is 1.18 bits per heavy atom. The van der Waals surface area contributed by atoms with Crippen LogP contribution in [0, 0.1) is 0 Å². The van der Waals surface area contributed by atoms with Crippen LogP contribution in [-0.2, 0) is 13.9 Å². The number of methoxy groups -OCH3 is 2. The molecule has 0 amide bonds. The maximum Gasteiger partial charge on any atom is 0.308 e. The third kappa shape index (κ3) is 3.31. The fraction of sp³-hybridized carbons (Fsp3) is 0.188. The average Bonchev–Trinajstić information content (AvgIpc) is 2.54. The van der Waals surface area contributed by atoms with Gasteiger partial charge in [0.1, 0.15) is 11.5 Å². The molecule has 22 heavy (non-hydrogen) atoms. The molecule has 0 saturated carbocycles.